The van der Waals surface area contributed by atoms with E-state index in [1.165, 1.54) is 4.90 Å². The fraction of sp³-hybridized carbons (Fsp3) is 0.350. The van der Waals surface area contributed by atoms with Gasteiger partial charge in [0.2, 0.25) is 5.91 Å². The number of carbonyl (C=O) groups is 2. The largest absolute Gasteiger partial charge is 0.345 e. The fourth-order valence-electron chi connectivity index (χ4n) is 3.61. The van der Waals surface area contributed by atoms with Gasteiger partial charge in [-0.25, -0.2) is 9.50 Å². The van der Waals surface area contributed by atoms with E-state index in [1.807, 2.05) is 29.2 Å². The Hall–Kier alpha value is -3.29. The van der Waals surface area contributed by atoms with Gasteiger partial charge in [0.15, 0.2) is 5.65 Å². The summed E-state index contributed by atoms with van der Waals surface area (Å²) in [5.41, 5.74) is 2.78. The van der Waals surface area contributed by atoms with Crippen LogP contribution in [0.4, 0.5) is 0 Å². The summed E-state index contributed by atoms with van der Waals surface area (Å²) in [6.07, 6.45) is 6.13. The minimum atomic E-state index is -0.127. The molecule has 1 saturated heterocycles. The SMILES string of the molecule is CN(C)C(=O)c1cnn2c([C@@H]3CCN(C(=O)Cc4ccccn4)C3)ccnc12. The third-order valence-electron chi connectivity index (χ3n) is 5.08. The predicted octanol–water partition coefficient (Wildman–Crippen LogP) is 1.38. The summed E-state index contributed by atoms with van der Waals surface area (Å²) in [6.45, 7) is 1.33. The highest BCUT2D eigenvalue weighted by Crippen LogP contribution is 2.28. The van der Waals surface area contributed by atoms with Crippen LogP contribution in [0.1, 0.15) is 34.1 Å². The van der Waals surface area contributed by atoms with Crippen LogP contribution in [0.3, 0.4) is 0 Å². The molecule has 0 radical (unpaired) electrons. The highest BCUT2D eigenvalue weighted by Gasteiger charge is 2.30. The zero-order valence-electron chi connectivity index (χ0n) is 15.9. The van der Waals surface area contributed by atoms with E-state index in [4.69, 9.17) is 0 Å². The van der Waals surface area contributed by atoms with Gasteiger partial charge in [0.1, 0.15) is 5.56 Å². The topological polar surface area (TPSA) is 83.7 Å². The molecule has 1 atom stereocenters. The summed E-state index contributed by atoms with van der Waals surface area (Å²) in [4.78, 5) is 36.9. The van der Waals surface area contributed by atoms with Crippen LogP contribution in [0.2, 0.25) is 0 Å². The van der Waals surface area contributed by atoms with Gasteiger partial charge < -0.3 is 9.80 Å². The van der Waals surface area contributed by atoms with Crippen molar-refractivity contribution >= 4 is 17.5 Å². The number of pyridine rings is 1. The molecule has 1 aliphatic heterocycles. The normalized spacial score (nSPS) is 16.5. The molecule has 3 aromatic rings. The Balaban J connectivity index is 1.53. The van der Waals surface area contributed by atoms with E-state index in [2.05, 4.69) is 15.1 Å². The molecule has 4 rings (SSSR count). The maximum absolute atomic E-state index is 12.6. The summed E-state index contributed by atoms with van der Waals surface area (Å²) >= 11 is 0. The molecule has 2 amide bonds. The zero-order chi connectivity index (χ0) is 19.7. The number of amides is 2. The molecular formula is C20H22N6O2. The van der Waals surface area contributed by atoms with E-state index >= 15 is 0 Å². The number of likely N-dealkylation sites (tertiary alicyclic amines) is 1. The van der Waals surface area contributed by atoms with Crippen LogP contribution < -0.4 is 0 Å². The van der Waals surface area contributed by atoms with Crippen LogP contribution >= 0.6 is 0 Å². The summed E-state index contributed by atoms with van der Waals surface area (Å²) in [6, 6.07) is 7.51. The van der Waals surface area contributed by atoms with Crippen molar-refractivity contribution in [3.05, 3.63) is 59.8 Å². The van der Waals surface area contributed by atoms with Crippen LogP contribution in [0.15, 0.2) is 42.9 Å². The van der Waals surface area contributed by atoms with Gasteiger partial charge in [-0.2, -0.15) is 5.10 Å². The van der Waals surface area contributed by atoms with Gasteiger partial charge in [0.05, 0.1) is 18.3 Å². The highest BCUT2D eigenvalue weighted by molar-refractivity contribution is 5.99. The Morgan fingerprint density at radius 2 is 2.04 bits per heavy atom. The first kappa shape index (κ1) is 18.1. The average Bonchev–Trinajstić information content (AvgIpc) is 3.35. The molecule has 144 valence electrons. The second-order valence-electron chi connectivity index (χ2n) is 7.19. The average molecular weight is 378 g/mol. The van der Waals surface area contributed by atoms with Gasteiger partial charge in [-0.1, -0.05) is 6.07 Å². The lowest BCUT2D eigenvalue weighted by Gasteiger charge is -2.17. The lowest BCUT2D eigenvalue weighted by atomic mass is 10.0. The number of hydrogen-bond donors (Lipinski definition) is 0. The van der Waals surface area contributed by atoms with Crippen LogP contribution in [0, 0.1) is 0 Å². The Morgan fingerprint density at radius 3 is 2.79 bits per heavy atom. The lowest BCUT2D eigenvalue weighted by molar-refractivity contribution is -0.129. The molecule has 0 aliphatic carbocycles. The third-order valence-corrected chi connectivity index (χ3v) is 5.08. The van der Waals surface area contributed by atoms with Crippen molar-refractivity contribution < 1.29 is 9.59 Å². The van der Waals surface area contributed by atoms with Gasteiger partial charge in [-0.3, -0.25) is 14.6 Å². The molecule has 0 saturated carbocycles. The summed E-state index contributed by atoms with van der Waals surface area (Å²) in [5.74, 6) is 0.106. The van der Waals surface area contributed by atoms with E-state index in [1.54, 1.807) is 37.2 Å². The predicted molar refractivity (Wildman–Crippen MR) is 103 cm³/mol. The molecule has 0 aromatic carbocycles. The first-order chi connectivity index (χ1) is 13.5. The van der Waals surface area contributed by atoms with Crippen molar-refractivity contribution in [2.75, 3.05) is 27.2 Å². The Bertz CT molecular complexity index is 1010. The second-order valence-corrected chi connectivity index (χ2v) is 7.19. The molecule has 0 unspecified atom stereocenters. The molecule has 8 nitrogen and oxygen atoms in total. The Labute approximate surface area is 162 Å². The quantitative estimate of drug-likeness (QED) is 0.685. The van der Waals surface area contributed by atoms with Crippen molar-refractivity contribution in [2.24, 2.45) is 0 Å². The van der Waals surface area contributed by atoms with Crippen molar-refractivity contribution in [3.8, 4) is 0 Å². The minimum Gasteiger partial charge on any atom is -0.345 e. The number of hydrogen-bond acceptors (Lipinski definition) is 5. The zero-order valence-corrected chi connectivity index (χ0v) is 15.9. The fourth-order valence-corrected chi connectivity index (χ4v) is 3.61. The first-order valence-electron chi connectivity index (χ1n) is 9.26. The molecule has 1 fully saturated rings. The van der Waals surface area contributed by atoms with E-state index in [-0.39, 0.29) is 17.7 Å². The second kappa shape index (κ2) is 7.38. The molecule has 8 heteroatoms. The standard InChI is InChI=1S/C20H22N6O2/c1-24(2)20(28)16-12-23-26-17(6-9-22-19(16)26)14-7-10-25(13-14)18(27)11-15-5-3-4-8-21-15/h3-6,8-9,12,14H,7,10-11,13H2,1-2H3/t14-/m1/s1. The van der Waals surface area contributed by atoms with Gasteiger partial charge in [0.25, 0.3) is 5.91 Å². The number of rotatable bonds is 4. The van der Waals surface area contributed by atoms with Crippen LogP contribution in [0.5, 0.6) is 0 Å². The smallest absolute Gasteiger partial charge is 0.258 e. The summed E-state index contributed by atoms with van der Waals surface area (Å²) < 4.78 is 1.73. The molecule has 0 N–H and O–H groups in total. The van der Waals surface area contributed by atoms with Crippen molar-refractivity contribution in [2.45, 2.75) is 18.8 Å². The molecule has 28 heavy (non-hydrogen) atoms. The molecule has 0 spiro atoms. The van der Waals surface area contributed by atoms with Crippen LogP contribution in [-0.4, -0.2) is 68.4 Å². The number of fused-ring (bicyclic) bond motifs is 1. The third kappa shape index (κ3) is 3.33. The van der Waals surface area contributed by atoms with Crippen molar-refractivity contribution in [3.63, 3.8) is 0 Å². The molecule has 4 heterocycles. The number of carbonyl (C=O) groups excluding carboxylic acids is 2. The van der Waals surface area contributed by atoms with E-state index in [9.17, 15) is 9.59 Å². The molecule has 3 aromatic heterocycles. The van der Waals surface area contributed by atoms with Gasteiger partial charge >= 0.3 is 0 Å². The van der Waals surface area contributed by atoms with Crippen molar-refractivity contribution in [1.29, 1.82) is 0 Å². The van der Waals surface area contributed by atoms with Gasteiger partial charge in [-0.05, 0) is 24.6 Å². The highest BCUT2D eigenvalue weighted by atomic mass is 16.2. The number of nitrogens with zero attached hydrogens (tertiary/aromatic N) is 6. The van der Waals surface area contributed by atoms with Crippen LogP contribution in [-0.2, 0) is 11.2 Å². The first-order valence-corrected chi connectivity index (χ1v) is 9.26. The minimum absolute atomic E-state index is 0.0791. The van der Waals surface area contributed by atoms with Crippen molar-refractivity contribution in [1.82, 2.24) is 29.4 Å². The number of aromatic nitrogens is 4. The van der Waals surface area contributed by atoms with E-state index in [0.29, 0.717) is 30.7 Å². The maximum atomic E-state index is 12.6. The van der Waals surface area contributed by atoms with E-state index in [0.717, 1.165) is 17.8 Å². The van der Waals surface area contributed by atoms with Gasteiger partial charge in [-0.15, -0.1) is 0 Å². The monoisotopic (exact) mass is 378 g/mol. The van der Waals surface area contributed by atoms with Gasteiger partial charge in [0, 0.05) is 51.2 Å². The lowest BCUT2D eigenvalue weighted by Crippen LogP contribution is -2.30. The van der Waals surface area contributed by atoms with Crippen LogP contribution in [0.25, 0.3) is 5.65 Å². The Kier molecular flexibility index (Phi) is 4.77. The molecule has 0 bridgehead atoms. The maximum Gasteiger partial charge on any atom is 0.258 e. The summed E-state index contributed by atoms with van der Waals surface area (Å²) in [7, 11) is 3.41. The molecule has 1 aliphatic rings. The van der Waals surface area contributed by atoms with E-state index < -0.39 is 0 Å². The Morgan fingerprint density at radius 1 is 1.18 bits per heavy atom. The summed E-state index contributed by atoms with van der Waals surface area (Å²) in [5, 5.41) is 4.40. The molecular weight excluding hydrogens is 356 g/mol.